The third-order valence-corrected chi connectivity index (χ3v) is 8.85. The molecule has 4 nitrogen and oxygen atoms in total. The Hall–Kier alpha value is -1.66. The van der Waals surface area contributed by atoms with Crippen LogP contribution in [-0.2, 0) is 18.8 Å². The Balaban J connectivity index is 1.56. The van der Waals surface area contributed by atoms with E-state index in [1.165, 1.54) is 4.90 Å². The molecule has 0 aliphatic carbocycles. The highest BCUT2D eigenvalue weighted by Crippen LogP contribution is 2.37. The maximum Gasteiger partial charge on any atom is 0.416 e. The molecule has 0 saturated carbocycles. The minimum Gasteiger partial charge on any atom is -0.333 e. The Morgan fingerprint density at radius 2 is 1.45 bits per heavy atom. The van der Waals surface area contributed by atoms with Crippen LogP contribution in [0.3, 0.4) is 0 Å². The quantitative estimate of drug-likeness (QED) is 0.314. The molecule has 0 bridgehead atoms. The fourth-order valence-corrected chi connectivity index (χ4v) is 6.39. The number of benzene rings is 2. The van der Waals surface area contributed by atoms with Crippen LogP contribution in [0.15, 0.2) is 36.4 Å². The molecule has 0 aromatic heterocycles. The number of amides is 1. The van der Waals surface area contributed by atoms with Gasteiger partial charge < -0.3 is 9.80 Å². The van der Waals surface area contributed by atoms with Crippen molar-refractivity contribution >= 4 is 40.9 Å². The number of hydrogen-bond donors (Lipinski definition) is 0. The van der Waals surface area contributed by atoms with Gasteiger partial charge in [-0.05, 0) is 61.8 Å². The lowest BCUT2D eigenvalue weighted by molar-refractivity contribution is -0.143. The predicted octanol–water partition coefficient (Wildman–Crippen LogP) is 6.84. The fraction of sp³-hybridized carbons (Fsp3) is 0.519. The van der Waals surface area contributed by atoms with E-state index in [1.807, 2.05) is 11.8 Å². The van der Waals surface area contributed by atoms with E-state index in [9.17, 15) is 31.1 Å². The topological polar surface area (TPSA) is 26.8 Å². The molecule has 0 spiro atoms. The van der Waals surface area contributed by atoms with Gasteiger partial charge >= 0.3 is 12.4 Å². The minimum absolute atomic E-state index is 0.0307. The monoisotopic (exact) mass is 627 g/mol. The summed E-state index contributed by atoms with van der Waals surface area (Å²) in [7, 11) is 0. The van der Waals surface area contributed by atoms with Crippen molar-refractivity contribution in [3.63, 3.8) is 0 Å². The summed E-state index contributed by atoms with van der Waals surface area (Å²) in [5.74, 6) is 1.35. The molecule has 2 saturated heterocycles. The van der Waals surface area contributed by atoms with E-state index >= 15 is 0 Å². The summed E-state index contributed by atoms with van der Waals surface area (Å²) >= 11 is 14.1. The molecule has 4 rings (SSSR count). The summed E-state index contributed by atoms with van der Waals surface area (Å²) in [6.07, 6.45) is -8.85. The number of rotatable bonds is 7. The summed E-state index contributed by atoms with van der Waals surface area (Å²) in [5, 5.41) is 0.667. The second-order valence-corrected chi connectivity index (χ2v) is 12.0. The maximum absolute atomic E-state index is 13.5. The molecule has 220 valence electrons. The van der Waals surface area contributed by atoms with Crippen molar-refractivity contribution in [1.29, 1.82) is 0 Å². The van der Waals surface area contributed by atoms with Crippen molar-refractivity contribution in [1.82, 2.24) is 14.7 Å². The summed E-state index contributed by atoms with van der Waals surface area (Å²) < 4.78 is 80.7. The number of nitrogens with zero attached hydrogens (tertiary/aromatic N) is 3. The van der Waals surface area contributed by atoms with Crippen LogP contribution < -0.4 is 0 Å². The van der Waals surface area contributed by atoms with E-state index in [0.29, 0.717) is 41.7 Å². The van der Waals surface area contributed by atoms with E-state index in [1.54, 1.807) is 18.2 Å². The van der Waals surface area contributed by atoms with Gasteiger partial charge in [0.2, 0.25) is 0 Å². The van der Waals surface area contributed by atoms with Gasteiger partial charge in [-0.3, -0.25) is 9.69 Å². The van der Waals surface area contributed by atoms with Crippen molar-refractivity contribution in [2.24, 2.45) is 0 Å². The van der Waals surface area contributed by atoms with Gasteiger partial charge in [-0.1, -0.05) is 29.3 Å². The highest BCUT2D eigenvalue weighted by atomic mass is 35.5. The average Bonchev–Trinajstić information content (AvgIpc) is 2.90. The lowest BCUT2D eigenvalue weighted by Crippen LogP contribution is -2.56. The molecule has 2 aliphatic heterocycles. The molecular weight excluding hydrogens is 599 g/mol. The molecule has 1 amide bonds. The third kappa shape index (κ3) is 8.21. The van der Waals surface area contributed by atoms with E-state index in [0.717, 1.165) is 49.7 Å². The SMILES string of the molecule is O=C(c1cc(C(F)(F)F)cc(C(F)(F)F)c1)N1CCN(CCCN2CCSCC2)C[C@H]1Cc1ccc(Cl)c(Cl)c1. The summed E-state index contributed by atoms with van der Waals surface area (Å²) in [4.78, 5) is 19.5. The average molecular weight is 629 g/mol. The molecule has 0 N–H and O–H groups in total. The van der Waals surface area contributed by atoms with E-state index in [2.05, 4.69) is 9.80 Å². The minimum atomic E-state index is -5.04. The molecule has 1 atom stereocenters. The second-order valence-electron chi connectivity index (χ2n) is 10.0. The summed E-state index contributed by atoms with van der Waals surface area (Å²) in [5.41, 5.74) is -2.91. The molecule has 2 fully saturated rings. The van der Waals surface area contributed by atoms with Crippen molar-refractivity contribution in [2.75, 3.05) is 57.3 Å². The Bertz CT molecular complexity index is 1160. The first-order valence-electron chi connectivity index (χ1n) is 12.9. The van der Waals surface area contributed by atoms with Crippen LogP contribution in [0, 0.1) is 0 Å². The zero-order valence-electron chi connectivity index (χ0n) is 21.5. The van der Waals surface area contributed by atoms with Gasteiger partial charge in [-0.2, -0.15) is 38.1 Å². The zero-order chi connectivity index (χ0) is 29.1. The zero-order valence-corrected chi connectivity index (χ0v) is 23.8. The Morgan fingerprint density at radius 3 is 2.05 bits per heavy atom. The van der Waals surface area contributed by atoms with Gasteiger partial charge in [0.1, 0.15) is 0 Å². The van der Waals surface area contributed by atoms with Crippen LogP contribution in [0.2, 0.25) is 10.0 Å². The highest BCUT2D eigenvalue weighted by Gasteiger charge is 2.39. The number of halogens is 8. The van der Waals surface area contributed by atoms with Crippen LogP contribution in [-0.4, -0.2) is 84.0 Å². The van der Waals surface area contributed by atoms with Crippen LogP contribution in [0.4, 0.5) is 26.3 Å². The standard InChI is InChI=1S/C27H29Cl2F6N3OS/c28-23-3-2-18(13-24(23)29)12-22-17-37(5-1-4-36-8-10-40-11-9-36)6-7-38(22)25(39)19-14-20(26(30,31)32)16-21(15-19)27(33,34)35/h2-3,13-16,22H,1,4-12,17H2/t22-/m1/s1. The molecule has 0 radical (unpaired) electrons. The first kappa shape index (κ1) is 31.3. The van der Waals surface area contributed by atoms with Crippen LogP contribution in [0.1, 0.15) is 33.5 Å². The van der Waals surface area contributed by atoms with Crippen LogP contribution in [0.25, 0.3) is 0 Å². The molecule has 2 aromatic carbocycles. The smallest absolute Gasteiger partial charge is 0.333 e. The van der Waals surface area contributed by atoms with Gasteiger partial charge in [0.15, 0.2) is 0 Å². The van der Waals surface area contributed by atoms with Gasteiger partial charge in [-0.25, -0.2) is 0 Å². The van der Waals surface area contributed by atoms with Crippen molar-refractivity contribution in [3.05, 3.63) is 68.7 Å². The number of carbonyl (C=O) groups excluding carboxylic acids is 1. The van der Waals surface area contributed by atoms with Crippen LogP contribution in [0.5, 0.6) is 0 Å². The molecule has 0 unspecified atom stereocenters. The number of carbonyl (C=O) groups is 1. The molecule has 2 heterocycles. The van der Waals surface area contributed by atoms with Gasteiger partial charge in [0.25, 0.3) is 5.91 Å². The molecular formula is C27H29Cl2F6N3OS. The van der Waals surface area contributed by atoms with E-state index in [4.69, 9.17) is 23.2 Å². The normalized spacial score (nSPS) is 19.7. The number of hydrogen-bond acceptors (Lipinski definition) is 4. The Kier molecular flexibility index (Phi) is 10.2. The largest absolute Gasteiger partial charge is 0.416 e. The van der Waals surface area contributed by atoms with E-state index in [-0.39, 0.29) is 12.6 Å². The summed E-state index contributed by atoms with van der Waals surface area (Å²) in [6, 6.07) is 5.55. The van der Waals surface area contributed by atoms with Crippen molar-refractivity contribution in [2.45, 2.75) is 31.2 Å². The fourth-order valence-electron chi connectivity index (χ4n) is 5.09. The highest BCUT2D eigenvalue weighted by molar-refractivity contribution is 7.99. The maximum atomic E-state index is 13.5. The third-order valence-electron chi connectivity index (χ3n) is 7.17. The van der Waals surface area contributed by atoms with Gasteiger partial charge in [0.05, 0.1) is 21.2 Å². The first-order chi connectivity index (χ1) is 18.8. The number of piperazine rings is 1. The van der Waals surface area contributed by atoms with E-state index < -0.39 is 41.0 Å². The van der Waals surface area contributed by atoms with Crippen molar-refractivity contribution < 1.29 is 31.1 Å². The number of alkyl halides is 6. The molecule has 13 heteroatoms. The molecule has 2 aliphatic rings. The first-order valence-corrected chi connectivity index (χ1v) is 14.8. The molecule has 2 aromatic rings. The predicted molar refractivity (Wildman–Crippen MR) is 146 cm³/mol. The Labute approximate surface area is 243 Å². The second kappa shape index (κ2) is 13.1. The summed E-state index contributed by atoms with van der Waals surface area (Å²) in [6.45, 7) is 4.86. The molecule has 40 heavy (non-hydrogen) atoms. The number of thioether (sulfide) groups is 1. The van der Waals surface area contributed by atoms with Crippen LogP contribution >= 0.6 is 35.0 Å². The lowest BCUT2D eigenvalue weighted by atomic mass is 9.99. The lowest BCUT2D eigenvalue weighted by Gasteiger charge is -2.42. The van der Waals surface area contributed by atoms with Gasteiger partial charge in [0, 0.05) is 55.8 Å². The van der Waals surface area contributed by atoms with Crippen molar-refractivity contribution in [3.8, 4) is 0 Å². The Morgan fingerprint density at radius 1 is 0.825 bits per heavy atom. The van der Waals surface area contributed by atoms with Gasteiger partial charge in [-0.15, -0.1) is 0 Å².